The van der Waals surface area contributed by atoms with Gasteiger partial charge in [0.25, 0.3) is 0 Å². The highest BCUT2D eigenvalue weighted by molar-refractivity contribution is 6.31. The molecule has 40 heavy (non-hydrogen) atoms. The van der Waals surface area contributed by atoms with Gasteiger partial charge in [0, 0.05) is 42.3 Å². The third-order valence-corrected chi connectivity index (χ3v) is 8.60. The van der Waals surface area contributed by atoms with E-state index in [1.807, 2.05) is 36.4 Å². The number of benzene rings is 3. The van der Waals surface area contributed by atoms with Crippen LogP contribution in [0.4, 0.5) is 5.69 Å². The van der Waals surface area contributed by atoms with E-state index in [-0.39, 0.29) is 5.78 Å². The number of ketones is 1. The van der Waals surface area contributed by atoms with Crippen molar-refractivity contribution in [1.82, 2.24) is 4.90 Å². The fourth-order valence-electron chi connectivity index (χ4n) is 5.78. The monoisotopic (exact) mass is 555 g/mol. The number of Topliss-reactive ketones (excluding diaryl/α,β-unsaturated/α-hetero) is 1. The van der Waals surface area contributed by atoms with Crippen LogP contribution in [0, 0.1) is 24.2 Å². The number of likely N-dealkylation sites (tertiary alicyclic amines) is 1. The molecule has 210 valence electrons. The number of carbonyl (C=O) groups is 1. The van der Waals surface area contributed by atoms with Crippen LogP contribution in [0.1, 0.15) is 78.1 Å². The molecular weight excluding hydrogens is 514 g/mol. The third kappa shape index (κ3) is 8.43. The fraction of sp³-hybridized carbons (Fsp3) is 0.429. The van der Waals surface area contributed by atoms with Crippen LogP contribution in [-0.4, -0.2) is 36.9 Å². The van der Waals surface area contributed by atoms with Crippen LogP contribution in [0.3, 0.4) is 0 Å². The molecule has 3 aromatic carbocycles. The molecule has 0 aromatic heterocycles. The van der Waals surface area contributed by atoms with Crippen molar-refractivity contribution in [1.29, 1.82) is 5.26 Å². The zero-order chi connectivity index (χ0) is 28.3. The van der Waals surface area contributed by atoms with Crippen molar-refractivity contribution < 1.29 is 4.79 Å². The Kier molecular flexibility index (Phi) is 11.2. The maximum Gasteiger partial charge on any atom is 0.162 e. The Morgan fingerprint density at radius 2 is 1.82 bits per heavy atom. The quantitative estimate of drug-likeness (QED) is 0.199. The van der Waals surface area contributed by atoms with E-state index in [9.17, 15) is 10.1 Å². The molecule has 4 nitrogen and oxygen atoms in total. The molecule has 1 aliphatic heterocycles. The molecule has 0 amide bonds. The smallest absolute Gasteiger partial charge is 0.162 e. The molecule has 0 spiro atoms. The SMILES string of the molecule is CCCN(CCc1cc(C(=O)CCCC2CCN(Cc3ccccc3Cl)CC2)ccc1C)c1cccc(C#N)c1. The Bertz CT molecular complexity index is 1310. The molecule has 1 saturated heterocycles. The van der Waals surface area contributed by atoms with Crippen LogP contribution in [0.25, 0.3) is 0 Å². The zero-order valence-electron chi connectivity index (χ0n) is 24.0. The summed E-state index contributed by atoms with van der Waals surface area (Å²) in [7, 11) is 0. The minimum absolute atomic E-state index is 0.254. The minimum Gasteiger partial charge on any atom is -0.371 e. The predicted molar refractivity (Wildman–Crippen MR) is 166 cm³/mol. The van der Waals surface area contributed by atoms with Crippen molar-refractivity contribution in [3.8, 4) is 6.07 Å². The lowest BCUT2D eigenvalue weighted by atomic mass is 9.90. The van der Waals surface area contributed by atoms with Crippen LogP contribution in [-0.2, 0) is 13.0 Å². The first-order valence-electron chi connectivity index (χ1n) is 14.8. The first-order valence-corrected chi connectivity index (χ1v) is 15.2. The number of nitrogens with zero attached hydrogens (tertiary/aromatic N) is 3. The summed E-state index contributed by atoms with van der Waals surface area (Å²) in [5.74, 6) is 0.956. The average Bonchev–Trinajstić information content (AvgIpc) is 2.98. The molecule has 0 saturated carbocycles. The van der Waals surface area contributed by atoms with Gasteiger partial charge < -0.3 is 4.90 Å². The highest BCUT2D eigenvalue weighted by Gasteiger charge is 2.20. The van der Waals surface area contributed by atoms with Crippen molar-refractivity contribution in [2.24, 2.45) is 5.92 Å². The standard InChI is InChI=1S/C35H42ClN3O/c1-3-19-39(33-11-6-9-29(23-33)25-37)22-18-30-24-31(15-14-27(30)2)35(40)13-7-8-28-16-20-38(21-17-28)26-32-10-4-5-12-34(32)36/h4-6,9-12,14-15,23-24,28H,3,7-8,13,16-22,26H2,1-2H3. The second-order valence-corrected chi connectivity index (χ2v) is 11.6. The highest BCUT2D eigenvalue weighted by atomic mass is 35.5. The van der Waals surface area contributed by atoms with Crippen molar-refractivity contribution in [2.45, 2.75) is 65.3 Å². The highest BCUT2D eigenvalue weighted by Crippen LogP contribution is 2.26. The van der Waals surface area contributed by atoms with Crippen LogP contribution in [0.15, 0.2) is 66.7 Å². The molecule has 1 heterocycles. The number of piperidine rings is 1. The Labute approximate surface area is 245 Å². The first kappa shape index (κ1) is 29.8. The molecule has 3 aromatic rings. The van der Waals surface area contributed by atoms with E-state index < -0.39 is 0 Å². The van der Waals surface area contributed by atoms with Crippen LogP contribution in [0.5, 0.6) is 0 Å². The Hall–Kier alpha value is -3.13. The molecule has 1 aliphatic rings. The van der Waals surface area contributed by atoms with E-state index in [2.05, 4.69) is 60.0 Å². The molecule has 0 aliphatic carbocycles. The molecule has 1 fully saturated rings. The molecule has 0 unspecified atom stereocenters. The van der Waals surface area contributed by atoms with E-state index in [1.165, 1.54) is 29.5 Å². The van der Waals surface area contributed by atoms with Gasteiger partial charge in [0.1, 0.15) is 0 Å². The number of rotatable bonds is 13. The number of carbonyl (C=O) groups excluding carboxylic acids is 1. The Morgan fingerprint density at radius 1 is 1.02 bits per heavy atom. The predicted octanol–water partition coefficient (Wildman–Crippen LogP) is 8.24. The van der Waals surface area contributed by atoms with Gasteiger partial charge in [-0.25, -0.2) is 0 Å². The summed E-state index contributed by atoms with van der Waals surface area (Å²) in [6, 6.07) is 24.4. The molecular formula is C35H42ClN3O. The largest absolute Gasteiger partial charge is 0.371 e. The number of halogens is 1. The van der Waals surface area contributed by atoms with Crippen molar-refractivity contribution in [3.05, 3.63) is 99.6 Å². The van der Waals surface area contributed by atoms with Gasteiger partial charge in [0.2, 0.25) is 0 Å². The fourth-order valence-corrected chi connectivity index (χ4v) is 5.97. The van der Waals surface area contributed by atoms with Gasteiger partial charge in [-0.2, -0.15) is 5.26 Å². The molecule has 0 atom stereocenters. The Morgan fingerprint density at radius 3 is 2.58 bits per heavy atom. The number of nitriles is 1. The summed E-state index contributed by atoms with van der Waals surface area (Å²) in [6.45, 7) is 9.21. The van der Waals surface area contributed by atoms with Gasteiger partial charge >= 0.3 is 0 Å². The summed E-state index contributed by atoms with van der Waals surface area (Å²) < 4.78 is 0. The average molecular weight is 556 g/mol. The topological polar surface area (TPSA) is 47.3 Å². The van der Waals surface area contributed by atoms with Crippen LogP contribution < -0.4 is 4.90 Å². The second kappa shape index (κ2) is 15.0. The summed E-state index contributed by atoms with van der Waals surface area (Å²) in [5.41, 5.74) is 6.27. The van der Waals surface area contributed by atoms with E-state index in [0.717, 1.165) is 74.7 Å². The maximum absolute atomic E-state index is 13.1. The van der Waals surface area contributed by atoms with Gasteiger partial charge in [-0.05, 0) is 111 Å². The lowest BCUT2D eigenvalue weighted by Crippen LogP contribution is -2.33. The normalized spacial score (nSPS) is 14.2. The van der Waals surface area contributed by atoms with Gasteiger partial charge in [-0.1, -0.05) is 54.9 Å². The molecule has 0 N–H and O–H groups in total. The maximum atomic E-state index is 13.1. The second-order valence-electron chi connectivity index (χ2n) is 11.2. The summed E-state index contributed by atoms with van der Waals surface area (Å²) in [4.78, 5) is 17.9. The van der Waals surface area contributed by atoms with E-state index >= 15 is 0 Å². The van der Waals surface area contributed by atoms with Gasteiger partial charge in [0.05, 0.1) is 11.6 Å². The van der Waals surface area contributed by atoms with Crippen molar-refractivity contribution in [2.75, 3.05) is 31.1 Å². The van der Waals surface area contributed by atoms with Gasteiger partial charge in [-0.3, -0.25) is 9.69 Å². The summed E-state index contributed by atoms with van der Waals surface area (Å²) in [5, 5.41) is 10.2. The molecule has 5 heteroatoms. The summed E-state index contributed by atoms with van der Waals surface area (Å²) >= 11 is 6.35. The lowest BCUT2D eigenvalue weighted by molar-refractivity contribution is 0.0974. The number of hydrogen-bond donors (Lipinski definition) is 0. The van der Waals surface area contributed by atoms with Crippen LogP contribution >= 0.6 is 11.6 Å². The molecule has 0 bridgehead atoms. The van der Waals surface area contributed by atoms with Crippen LogP contribution in [0.2, 0.25) is 5.02 Å². The Balaban J connectivity index is 1.25. The van der Waals surface area contributed by atoms with Crippen molar-refractivity contribution in [3.63, 3.8) is 0 Å². The third-order valence-electron chi connectivity index (χ3n) is 8.23. The molecule has 4 rings (SSSR count). The van der Waals surface area contributed by atoms with Gasteiger partial charge in [-0.15, -0.1) is 0 Å². The van der Waals surface area contributed by atoms with Gasteiger partial charge in [0.15, 0.2) is 5.78 Å². The first-order chi connectivity index (χ1) is 19.5. The van der Waals surface area contributed by atoms with E-state index in [0.29, 0.717) is 17.9 Å². The summed E-state index contributed by atoms with van der Waals surface area (Å²) in [6.07, 6.45) is 6.99. The number of anilines is 1. The van der Waals surface area contributed by atoms with E-state index in [1.54, 1.807) is 0 Å². The zero-order valence-corrected chi connectivity index (χ0v) is 24.8. The van der Waals surface area contributed by atoms with Crippen molar-refractivity contribution >= 4 is 23.1 Å². The number of hydrogen-bond acceptors (Lipinski definition) is 4. The lowest BCUT2D eigenvalue weighted by Gasteiger charge is -2.32. The van der Waals surface area contributed by atoms with E-state index in [4.69, 9.17) is 11.6 Å². The number of aryl methyl sites for hydroxylation is 1. The minimum atomic E-state index is 0.254. The molecule has 0 radical (unpaired) electrons.